The molecule has 0 aromatic heterocycles. The molecule has 0 radical (unpaired) electrons. The van der Waals surface area contributed by atoms with Gasteiger partial charge in [0.2, 0.25) is 10.0 Å². The Morgan fingerprint density at radius 2 is 1.73 bits per heavy atom. The molecule has 26 heavy (non-hydrogen) atoms. The van der Waals surface area contributed by atoms with Crippen molar-refractivity contribution in [1.82, 2.24) is 4.31 Å². The minimum absolute atomic E-state index is 0.107. The minimum Gasteiger partial charge on any atom is -0.258 e. The second-order valence-electron chi connectivity index (χ2n) is 7.09. The highest BCUT2D eigenvalue weighted by molar-refractivity contribution is 7.89. The van der Waals surface area contributed by atoms with Crippen molar-refractivity contribution >= 4 is 23.8 Å². The van der Waals surface area contributed by atoms with Crippen molar-refractivity contribution in [3.8, 4) is 0 Å². The topological polar surface area (TPSA) is 80.5 Å². The van der Waals surface area contributed by atoms with Crippen molar-refractivity contribution in [2.24, 2.45) is 5.92 Å². The van der Waals surface area contributed by atoms with E-state index in [1.54, 1.807) is 0 Å². The molecule has 1 aromatic carbocycles. The van der Waals surface area contributed by atoms with Crippen LogP contribution < -0.4 is 0 Å². The molecular formula is C18H28N2O4SSi. The van der Waals surface area contributed by atoms with Gasteiger partial charge in [-0.15, -0.1) is 0 Å². The van der Waals surface area contributed by atoms with Crippen molar-refractivity contribution in [2.75, 3.05) is 13.1 Å². The van der Waals surface area contributed by atoms with E-state index < -0.39 is 23.0 Å². The summed E-state index contributed by atoms with van der Waals surface area (Å²) in [7, 11) is -5.11. The highest BCUT2D eigenvalue weighted by atomic mass is 32.2. The fourth-order valence-electron chi connectivity index (χ4n) is 3.56. The van der Waals surface area contributed by atoms with Gasteiger partial charge in [-0.1, -0.05) is 57.1 Å². The summed E-state index contributed by atoms with van der Waals surface area (Å²) in [6.07, 6.45) is 0. The van der Waals surface area contributed by atoms with Crippen LogP contribution in [0.4, 0.5) is 5.69 Å². The fourth-order valence-corrected chi connectivity index (χ4v) is 8.35. The molecule has 6 nitrogen and oxygen atoms in total. The molecule has 0 spiro atoms. The largest absolute Gasteiger partial charge is 0.269 e. The summed E-state index contributed by atoms with van der Waals surface area (Å²) in [6, 6.07) is 8.65. The van der Waals surface area contributed by atoms with Gasteiger partial charge in [0.15, 0.2) is 0 Å². The molecule has 1 atom stereocenters. The van der Waals surface area contributed by atoms with Crippen LogP contribution in [0.2, 0.25) is 18.1 Å². The molecule has 1 fully saturated rings. The van der Waals surface area contributed by atoms with Gasteiger partial charge in [0.1, 0.15) is 0 Å². The van der Waals surface area contributed by atoms with E-state index in [1.165, 1.54) is 52.3 Å². The normalized spacial score (nSPS) is 20.6. The standard InChI is InChI=1S/C18H28N2O4SSi/c1-5-26(6-2,7-3)14-16-13-19(12-15(16)4)25(23,24)18-10-8-17(9-11-18)20(21)22/h8-11,14-15H,5-7,12-13H2,1-4H3/b16-14-. The quantitative estimate of drug-likeness (QED) is 0.393. The predicted octanol–water partition coefficient (Wildman–Crippen LogP) is 4.21. The molecule has 0 amide bonds. The summed E-state index contributed by atoms with van der Waals surface area (Å²) >= 11 is 0. The summed E-state index contributed by atoms with van der Waals surface area (Å²) < 4.78 is 27.3. The minimum atomic E-state index is -3.64. The molecule has 144 valence electrons. The second kappa shape index (κ2) is 8.02. The maximum Gasteiger partial charge on any atom is 0.269 e. The average molecular weight is 397 g/mol. The van der Waals surface area contributed by atoms with Gasteiger partial charge in [-0.25, -0.2) is 8.42 Å². The highest BCUT2D eigenvalue weighted by Gasteiger charge is 2.36. The Morgan fingerprint density at radius 1 is 1.19 bits per heavy atom. The molecule has 0 saturated carbocycles. The first kappa shape index (κ1) is 20.8. The van der Waals surface area contributed by atoms with Crippen molar-refractivity contribution < 1.29 is 13.3 Å². The third-order valence-corrected chi connectivity index (χ3v) is 12.8. The van der Waals surface area contributed by atoms with E-state index in [2.05, 4.69) is 33.4 Å². The number of nitro benzene ring substituents is 1. The van der Waals surface area contributed by atoms with Crippen LogP contribution in [0.25, 0.3) is 0 Å². The maximum absolute atomic E-state index is 12.9. The van der Waals surface area contributed by atoms with Crippen LogP contribution in [0.1, 0.15) is 27.7 Å². The number of hydrogen-bond acceptors (Lipinski definition) is 4. The molecule has 1 heterocycles. The van der Waals surface area contributed by atoms with Crippen LogP contribution in [-0.4, -0.2) is 38.8 Å². The molecule has 2 rings (SSSR count). The second-order valence-corrected chi connectivity index (χ2v) is 14.2. The zero-order valence-electron chi connectivity index (χ0n) is 15.9. The molecule has 1 aliphatic rings. The number of benzene rings is 1. The van der Waals surface area contributed by atoms with Crippen LogP contribution in [0.15, 0.2) is 40.4 Å². The zero-order chi connectivity index (χ0) is 19.5. The molecule has 0 N–H and O–H groups in total. The lowest BCUT2D eigenvalue weighted by molar-refractivity contribution is -0.384. The Balaban J connectivity index is 2.28. The van der Waals surface area contributed by atoms with Gasteiger partial charge in [0.05, 0.1) is 17.9 Å². The Bertz CT molecular complexity index is 778. The molecule has 8 heteroatoms. The van der Waals surface area contributed by atoms with Crippen molar-refractivity contribution in [2.45, 2.75) is 50.7 Å². The Kier molecular flexibility index (Phi) is 6.41. The van der Waals surface area contributed by atoms with E-state index in [0.29, 0.717) is 13.1 Å². The number of rotatable bonds is 7. The van der Waals surface area contributed by atoms with Gasteiger partial charge < -0.3 is 0 Å². The van der Waals surface area contributed by atoms with Gasteiger partial charge >= 0.3 is 0 Å². The molecular weight excluding hydrogens is 368 g/mol. The molecule has 1 aromatic rings. The summed E-state index contributed by atoms with van der Waals surface area (Å²) in [5.74, 6) is 0.208. The van der Waals surface area contributed by atoms with Gasteiger partial charge in [-0.3, -0.25) is 10.1 Å². The maximum atomic E-state index is 12.9. The van der Waals surface area contributed by atoms with E-state index in [4.69, 9.17) is 0 Å². The average Bonchev–Trinajstić information content (AvgIpc) is 3.01. The van der Waals surface area contributed by atoms with Gasteiger partial charge in [-0.2, -0.15) is 4.31 Å². The Hall–Kier alpha value is -1.51. The van der Waals surface area contributed by atoms with Crippen molar-refractivity contribution in [3.63, 3.8) is 0 Å². The molecule has 1 saturated heterocycles. The SMILES string of the molecule is CC[Si](/C=C1/CN(S(=O)(=O)c2ccc([N+](=O)[O-])cc2)CC1C)(CC)CC. The van der Waals surface area contributed by atoms with Crippen LogP contribution >= 0.6 is 0 Å². The summed E-state index contributed by atoms with van der Waals surface area (Å²) in [4.78, 5) is 10.3. The molecule has 0 aliphatic carbocycles. The fraction of sp³-hybridized carbons (Fsp3) is 0.556. The Labute approximate surface area is 157 Å². The number of hydrogen-bond donors (Lipinski definition) is 0. The third kappa shape index (κ3) is 4.07. The summed E-state index contributed by atoms with van der Waals surface area (Å²) in [5.41, 5.74) is 3.56. The third-order valence-electron chi connectivity index (χ3n) is 5.76. The van der Waals surface area contributed by atoms with Gasteiger partial charge in [-0.05, 0) is 18.1 Å². The van der Waals surface area contributed by atoms with Crippen molar-refractivity contribution in [1.29, 1.82) is 0 Å². The number of nitrogens with zero attached hydrogens (tertiary/aromatic N) is 2. The first-order valence-electron chi connectivity index (χ1n) is 9.15. The van der Waals surface area contributed by atoms with Crippen LogP contribution in [0.3, 0.4) is 0 Å². The Morgan fingerprint density at radius 3 is 2.19 bits per heavy atom. The number of nitro groups is 1. The van der Waals surface area contributed by atoms with Crippen LogP contribution in [0, 0.1) is 16.0 Å². The first-order chi connectivity index (χ1) is 12.2. The highest BCUT2D eigenvalue weighted by Crippen LogP contribution is 2.32. The van der Waals surface area contributed by atoms with E-state index in [0.717, 1.165) is 0 Å². The van der Waals surface area contributed by atoms with E-state index in [-0.39, 0.29) is 16.5 Å². The van der Waals surface area contributed by atoms with E-state index in [9.17, 15) is 18.5 Å². The lowest BCUT2D eigenvalue weighted by atomic mass is 10.1. The summed E-state index contributed by atoms with van der Waals surface area (Å²) in [5, 5.41) is 10.8. The zero-order valence-corrected chi connectivity index (χ0v) is 17.8. The first-order valence-corrected chi connectivity index (χ1v) is 13.3. The molecule has 0 bridgehead atoms. The number of non-ortho nitro benzene ring substituents is 1. The van der Waals surface area contributed by atoms with Crippen LogP contribution in [-0.2, 0) is 10.0 Å². The van der Waals surface area contributed by atoms with Crippen molar-refractivity contribution in [3.05, 3.63) is 45.7 Å². The number of sulfonamides is 1. The van der Waals surface area contributed by atoms with Crippen LogP contribution in [0.5, 0.6) is 0 Å². The predicted molar refractivity (Wildman–Crippen MR) is 106 cm³/mol. The lowest BCUT2D eigenvalue weighted by Gasteiger charge is -2.25. The van der Waals surface area contributed by atoms with Gasteiger partial charge in [0.25, 0.3) is 5.69 Å². The smallest absolute Gasteiger partial charge is 0.258 e. The monoisotopic (exact) mass is 396 g/mol. The van der Waals surface area contributed by atoms with E-state index in [1.807, 2.05) is 0 Å². The lowest BCUT2D eigenvalue weighted by Crippen LogP contribution is -2.30. The summed E-state index contributed by atoms with van der Waals surface area (Å²) in [6.45, 7) is 9.68. The molecule has 1 aliphatic heterocycles. The molecule has 1 unspecified atom stereocenters. The van der Waals surface area contributed by atoms with Gasteiger partial charge in [0, 0.05) is 25.2 Å². The van der Waals surface area contributed by atoms with E-state index >= 15 is 0 Å².